The molecule has 0 saturated heterocycles. The fourth-order valence-electron chi connectivity index (χ4n) is 9.41. The Bertz CT molecular complexity index is 3190. The summed E-state index contributed by atoms with van der Waals surface area (Å²) >= 11 is 0. The van der Waals surface area contributed by atoms with E-state index in [1.165, 1.54) is 58.8 Å². The first kappa shape index (κ1) is 71.8. The van der Waals surface area contributed by atoms with E-state index < -0.39 is 59.2 Å². The van der Waals surface area contributed by atoms with Crippen LogP contribution in [0.2, 0.25) is 0 Å². The third-order valence-corrected chi connectivity index (χ3v) is 14.1. The van der Waals surface area contributed by atoms with Gasteiger partial charge in [0, 0.05) is 51.9 Å². The van der Waals surface area contributed by atoms with Crippen LogP contribution in [0.5, 0.6) is 23.0 Å². The molecule has 27 heteroatoms. The van der Waals surface area contributed by atoms with Crippen molar-refractivity contribution < 1.29 is 57.3 Å². The maximum atomic E-state index is 14.5. The van der Waals surface area contributed by atoms with E-state index >= 15 is 0 Å². The number of ketones is 4. The number of unbranched alkanes of at least 4 members (excludes halogenated alkanes) is 2. The smallest absolute Gasteiger partial charge is 0.255 e. The zero-order valence-electron chi connectivity index (χ0n) is 51.3. The number of nitrogens with one attached hydrogen (secondary N) is 4. The Labute approximate surface area is 518 Å². The lowest BCUT2D eigenvalue weighted by molar-refractivity contribution is -0.121. The Morgan fingerprint density at radius 2 is 0.708 bits per heavy atom. The van der Waals surface area contributed by atoms with Crippen molar-refractivity contribution >= 4 is 64.6 Å². The molecule has 27 nitrogen and oxygen atoms in total. The number of hydrogen-bond acceptors (Lipinski definition) is 17. The van der Waals surface area contributed by atoms with E-state index in [9.17, 15) is 38.4 Å². The van der Waals surface area contributed by atoms with Crippen molar-refractivity contribution in [3.8, 4) is 23.0 Å². The predicted molar refractivity (Wildman–Crippen MR) is 339 cm³/mol. The number of nitrogens with two attached hydrogens (primary N) is 8. The molecule has 0 radical (unpaired) electrons. The first-order valence-electron chi connectivity index (χ1n) is 29.1. The number of aliphatic imine (C=N–C) groups is 3. The van der Waals surface area contributed by atoms with Crippen LogP contribution in [0, 0.1) is 0 Å². The first-order valence-corrected chi connectivity index (χ1v) is 29.1. The second kappa shape index (κ2) is 37.2. The maximum Gasteiger partial charge on any atom is 0.255 e. The summed E-state index contributed by atoms with van der Waals surface area (Å²) in [6, 6.07) is 14.5. The van der Waals surface area contributed by atoms with Gasteiger partial charge in [-0.1, -0.05) is 30.7 Å². The highest BCUT2D eigenvalue weighted by molar-refractivity contribution is 6.04. The molecule has 0 aliphatic rings. The molecule has 20 N–H and O–H groups in total. The van der Waals surface area contributed by atoms with Gasteiger partial charge in [0.15, 0.2) is 41.0 Å². The molecule has 4 amide bonds. The van der Waals surface area contributed by atoms with Gasteiger partial charge in [-0.25, -0.2) is 0 Å². The number of benzene rings is 4. The third kappa shape index (κ3) is 23.9. The minimum atomic E-state index is -1.17. The van der Waals surface area contributed by atoms with E-state index in [0.717, 1.165) is 19.3 Å². The summed E-state index contributed by atoms with van der Waals surface area (Å²) < 4.78 is 22.1. The van der Waals surface area contributed by atoms with E-state index in [1.54, 1.807) is 49.4 Å². The predicted octanol–water partition coefficient (Wildman–Crippen LogP) is 0.930. The van der Waals surface area contributed by atoms with E-state index in [-0.39, 0.29) is 146 Å². The number of rotatable bonds is 40. The molecule has 0 aliphatic heterocycles. The van der Waals surface area contributed by atoms with Gasteiger partial charge in [-0.05, 0) is 136 Å². The molecule has 4 aromatic carbocycles. The zero-order valence-corrected chi connectivity index (χ0v) is 51.3. The number of Topliss-reactive ketones (excluding diaryl/α,β-unsaturated/α-hetero) is 4. The van der Waals surface area contributed by atoms with Crippen molar-refractivity contribution in [2.45, 2.75) is 115 Å². The topological polar surface area (TPSA) is 467 Å². The van der Waals surface area contributed by atoms with Gasteiger partial charge in [-0.3, -0.25) is 53.3 Å². The van der Waals surface area contributed by atoms with Gasteiger partial charge in [-0.2, -0.15) is 0 Å². The van der Waals surface area contributed by atoms with Gasteiger partial charge in [0.2, 0.25) is 0 Å². The second-order valence-electron chi connectivity index (χ2n) is 21.0. The zero-order chi connectivity index (χ0) is 65.6. The van der Waals surface area contributed by atoms with Gasteiger partial charge >= 0.3 is 0 Å². The molecule has 0 bridgehead atoms. The van der Waals surface area contributed by atoms with Crippen LogP contribution in [0.25, 0.3) is 0 Å². The molecule has 0 aliphatic carbocycles. The fourth-order valence-corrected chi connectivity index (χ4v) is 9.41. The second-order valence-corrected chi connectivity index (χ2v) is 21.0. The van der Waals surface area contributed by atoms with Crippen molar-refractivity contribution in [2.75, 3.05) is 61.2 Å². The number of carbonyl (C=O) groups is 8. The lowest BCUT2D eigenvalue weighted by Crippen LogP contribution is -2.42. The molecule has 89 heavy (non-hydrogen) atoms. The highest BCUT2D eigenvalue weighted by Crippen LogP contribution is 2.26. The highest BCUT2D eigenvalue weighted by Gasteiger charge is 2.29. The van der Waals surface area contributed by atoms with Crippen molar-refractivity contribution in [1.82, 2.24) is 21.3 Å². The molecular weight excluding hydrogens is 1150 g/mol. The Balaban J connectivity index is 1.61. The summed E-state index contributed by atoms with van der Waals surface area (Å²) in [5.74, 6) is -3.76. The molecule has 0 aromatic heterocycles. The molecule has 4 atom stereocenters. The summed E-state index contributed by atoms with van der Waals surface area (Å²) in [6.07, 6.45) is 2.70. The molecular formula is C62H87N15O12. The number of nitrogens with zero attached hydrogens (tertiary/aromatic N) is 3. The number of methoxy groups -OCH3 is 4. The van der Waals surface area contributed by atoms with Gasteiger partial charge in [0.05, 0.1) is 74.9 Å². The molecule has 4 rings (SSSR count). The number of hydrogen-bond donors (Lipinski definition) is 12. The summed E-state index contributed by atoms with van der Waals surface area (Å²) in [5, 5.41) is 11.4. The summed E-state index contributed by atoms with van der Waals surface area (Å²) in [6.45, 7) is 2.95. The maximum absolute atomic E-state index is 14.5. The lowest BCUT2D eigenvalue weighted by Gasteiger charge is -2.21. The Morgan fingerprint density at radius 1 is 0.416 bits per heavy atom. The van der Waals surface area contributed by atoms with Crippen LogP contribution in [0.1, 0.15) is 128 Å². The number of carbonyl (C=O) groups excluding carboxylic acids is 8. The van der Waals surface area contributed by atoms with Crippen molar-refractivity contribution in [1.29, 1.82) is 0 Å². The monoisotopic (exact) mass is 1230 g/mol. The fraction of sp³-hybridized carbons (Fsp3) is 0.435. The molecule has 0 spiro atoms. The lowest BCUT2D eigenvalue weighted by atomic mass is 9.96. The molecule has 4 aromatic rings. The molecule has 0 heterocycles. The summed E-state index contributed by atoms with van der Waals surface area (Å²) in [7, 11) is 5.52. The van der Waals surface area contributed by atoms with Gasteiger partial charge in [0.25, 0.3) is 23.6 Å². The van der Waals surface area contributed by atoms with E-state index in [0.29, 0.717) is 47.5 Å². The van der Waals surface area contributed by atoms with Crippen LogP contribution < -0.4 is 86.1 Å². The van der Waals surface area contributed by atoms with E-state index in [4.69, 9.17) is 64.8 Å². The van der Waals surface area contributed by atoms with Crippen molar-refractivity contribution in [2.24, 2.45) is 60.8 Å². The van der Waals surface area contributed by atoms with Gasteiger partial charge in [0.1, 0.15) is 23.0 Å². The first-order chi connectivity index (χ1) is 42.5. The molecule has 0 fully saturated rings. The van der Waals surface area contributed by atoms with Crippen molar-refractivity contribution in [3.63, 3.8) is 0 Å². The van der Waals surface area contributed by atoms with Crippen LogP contribution in [0.3, 0.4) is 0 Å². The van der Waals surface area contributed by atoms with E-state index in [1.807, 2.05) is 0 Å². The largest absolute Gasteiger partial charge is 0.496 e. The average molecular weight is 1230 g/mol. The van der Waals surface area contributed by atoms with Crippen LogP contribution in [-0.2, 0) is 44.9 Å². The Morgan fingerprint density at radius 3 is 0.978 bits per heavy atom. The van der Waals surface area contributed by atoms with E-state index in [2.05, 4.69) is 36.2 Å². The molecule has 482 valence electrons. The van der Waals surface area contributed by atoms with Crippen LogP contribution >= 0.6 is 0 Å². The van der Waals surface area contributed by atoms with Crippen molar-refractivity contribution in [3.05, 3.63) is 117 Å². The highest BCUT2D eigenvalue weighted by atomic mass is 16.5. The van der Waals surface area contributed by atoms with Gasteiger partial charge in [-0.15, -0.1) is 0 Å². The number of ether oxygens (including phenoxy) is 4. The minimum Gasteiger partial charge on any atom is -0.496 e. The molecule has 0 unspecified atom stereocenters. The number of guanidine groups is 3. The Hall–Kier alpha value is -9.63. The van der Waals surface area contributed by atoms with Crippen LogP contribution in [-0.4, -0.2) is 150 Å². The Kier molecular flexibility index (Phi) is 30.0. The summed E-state index contributed by atoms with van der Waals surface area (Å²) in [5.41, 5.74) is 46.8. The molecule has 0 saturated carbocycles. The quantitative estimate of drug-likeness (QED) is 0.0167. The van der Waals surface area contributed by atoms with Gasteiger partial charge < -0.3 is 86.1 Å². The third-order valence-electron chi connectivity index (χ3n) is 14.1. The minimum absolute atomic E-state index is 0.00524. The van der Waals surface area contributed by atoms with Crippen LogP contribution in [0.15, 0.2) is 87.8 Å². The van der Waals surface area contributed by atoms with Crippen LogP contribution in [0.4, 0.5) is 0 Å². The average Bonchev–Trinajstić information content (AvgIpc) is 2.34. The standard InChI is InChI=1S/C62H87N15O12/c1-36(64)48(78)32-37-15-20-53(87-3)42(29-37)57(83)75-46(13-10-26-73-61(67)68)50(80)34-39-17-22-55(89-5)44(31-39)59(85)77-47(14-11-27-74-62(69)70)51(81)35-40-18-21-54(88-4)43(30-40)58(84)76-45(12-9-25-72-60(65)66)49(79)33-38-16-19-52(86-2)41(28-38)56(82)71-24-8-6-7-23-63/h15-22,28-31,36,45-47H,6-14,23-27,32-35,63-64H2,1-5H3,(H,71,82)(H,75,83)(H,76,84)(H,77,85)(H4,65,66,72)(H4,67,68,73)(H4,69,70,74)/t36-,45-,46-,47-/m1/s1. The summed E-state index contributed by atoms with van der Waals surface area (Å²) in [4.78, 5) is 124. The SMILES string of the molecule is COc1ccc(CC(=O)[C@@H](CCCN=C(N)N)NC(=O)c2cc(CC(=O)[C@@H](CCCN=C(N)N)NC(=O)c3cc(CC(=O)[C@@H](CCCN=C(N)N)NC(=O)c4cc(CC(=O)[C@@H](C)N)ccc4OC)ccc3OC)ccc2OC)cc1C(=O)NCCCCCN. The number of amides is 4. The normalized spacial score (nSPS) is 12.1.